The summed E-state index contributed by atoms with van der Waals surface area (Å²) in [4.78, 5) is 18.0. The molecule has 1 aliphatic rings. The molecule has 1 aromatic heterocycles. The smallest absolute Gasteiger partial charge is 0.356 e. The van der Waals surface area contributed by atoms with Crippen LogP contribution in [0.25, 0.3) is 0 Å². The Bertz CT molecular complexity index is 422. The van der Waals surface area contributed by atoms with E-state index in [0.717, 1.165) is 31.6 Å². The second-order valence-electron chi connectivity index (χ2n) is 4.36. The van der Waals surface area contributed by atoms with E-state index < -0.39 is 0 Å². The van der Waals surface area contributed by atoms with Gasteiger partial charge in [-0.15, -0.1) is 0 Å². The summed E-state index contributed by atoms with van der Waals surface area (Å²) in [5.74, 6) is 0.373. The number of piperidine rings is 1. The van der Waals surface area contributed by atoms with Gasteiger partial charge in [-0.05, 0) is 38.3 Å². The van der Waals surface area contributed by atoms with Crippen molar-refractivity contribution in [3.05, 3.63) is 23.9 Å². The number of anilines is 1. The third kappa shape index (κ3) is 2.79. The molecule has 0 bridgehead atoms. The van der Waals surface area contributed by atoms with Gasteiger partial charge in [0.25, 0.3) is 0 Å². The molecule has 18 heavy (non-hydrogen) atoms. The number of carbonyl (C=O) groups is 1. The molecule has 0 saturated carbocycles. The Kier molecular flexibility index (Phi) is 4.15. The zero-order valence-electron chi connectivity index (χ0n) is 10.6. The number of nitrogens with zero attached hydrogens (tertiary/aromatic N) is 2. The van der Waals surface area contributed by atoms with Crippen molar-refractivity contribution < 1.29 is 9.53 Å². The van der Waals surface area contributed by atoms with E-state index in [9.17, 15) is 4.79 Å². The van der Waals surface area contributed by atoms with E-state index in [2.05, 4.69) is 4.98 Å². The minimum Gasteiger partial charge on any atom is -0.461 e. The van der Waals surface area contributed by atoms with Crippen molar-refractivity contribution in [2.75, 3.05) is 18.1 Å². The minimum absolute atomic E-state index is 0.0105. The Morgan fingerprint density at radius 3 is 3.11 bits per heavy atom. The Balaban J connectivity index is 2.18. The summed E-state index contributed by atoms with van der Waals surface area (Å²) >= 11 is 0. The summed E-state index contributed by atoms with van der Waals surface area (Å²) < 4.78 is 4.95. The van der Waals surface area contributed by atoms with Gasteiger partial charge in [0.1, 0.15) is 5.82 Å². The van der Waals surface area contributed by atoms with E-state index in [1.807, 2.05) is 17.0 Å². The van der Waals surface area contributed by atoms with Crippen LogP contribution in [0.1, 0.15) is 36.7 Å². The van der Waals surface area contributed by atoms with Crippen molar-refractivity contribution in [2.45, 2.75) is 32.4 Å². The highest BCUT2D eigenvalue weighted by atomic mass is 16.5. The summed E-state index contributed by atoms with van der Waals surface area (Å²) in [7, 11) is 0. The normalized spacial score (nSPS) is 19.7. The minimum atomic E-state index is -0.384. The summed E-state index contributed by atoms with van der Waals surface area (Å²) in [6.45, 7) is 3.02. The highest BCUT2D eigenvalue weighted by molar-refractivity contribution is 5.87. The first-order valence-corrected chi connectivity index (χ1v) is 6.38. The molecule has 1 atom stereocenters. The van der Waals surface area contributed by atoms with Crippen LogP contribution in [0, 0.1) is 0 Å². The molecule has 1 aromatic rings. The lowest BCUT2D eigenvalue weighted by atomic mass is 10.1. The van der Waals surface area contributed by atoms with Crippen molar-refractivity contribution in [3.8, 4) is 0 Å². The van der Waals surface area contributed by atoms with E-state index >= 15 is 0 Å². The van der Waals surface area contributed by atoms with Crippen LogP contribution >= 0.6 is 0 Å². The highest BCUT2D eigenvalue weighted by Crippen LogP contribution is 2.20. The number of rotatable bonds is 3. The third-order valence-corrected chi connectivity index (χ3v) is 3.06. The van der Waals surface area contributed by atoms with Gasteiger partial charge in [0.05, 0.1) is 12.8 Å². The van der Waals surface area contributed by atoms with E-state index in [1.165, 1.54) is 0 Å². The standard InChI is InChI=1S/C13H19N3O2/c1-2-18-13(17)10-6-5-8-12(15-10)16-9-4-3-7-11(16)14/h5-6,8,11H,2-4,7,9,14H2,1H3. The van der Waals surface area contributed by atoms with Crippen LogP contribution in [0.15, 0.2) is 18.2 Å². The number of hydrogen-bond donors (Lipinski definition) is 1. The number of pyridine rings is 1. The van der Waals surface area contributed by atoms with Crippen LogP contribution in [0.5, 0.6) is 0 Å². The SMILES string of the molecule is CCOC(=O)c1cccc(N2CCCCC2N)n1. The molecule has 1 aliphatic heterocycles. The zero-order valence-corrected chi connectivity index (χ0v) is 10.6. The number of esters is 1. The van der Waals surface area contributed by atoms with Crippen LogP contribution in [-0.2, 0) is 4.74 Å². The molecule has 0 aliphatic carbocycles. The second-order valence-corrected chi connectivity index (χ2v) is 4.36. The quantitative estimate of drug-likeness (QED) is 0.823. The molecule has 1 saturated heterocycles. The fraction of sp³-hybridized carbons (Fsp3) is 0.538. The average Bonchev–Trinajstić information content (AvgIpc) is 2.40. The topological polar surface area (TPSA) is 68.5 Å². The molecule has 2 rings (SSSR count). The molecule has 1 fully saturated rings. The molecule has 1 unspecified atom stereocenters. The molecule has 2 N–H and O–H groups in total. The van der Waals surface area contributed by atoms with Gasteiger partial charge in [-0.3, -0.25) is 0 Å². The van der Waals surface area contributed by atoms with Crippen molar-refractivity contribution in [3.63, 3.8) is 0 Å². The lowest BCUT2D eigenvalue weighted by Gasteiger charge is -2.34. The van der Waals surface area contributed by atoms with E-state index in [4.69, 9.17) is 10.5 Å². The third-order valence-electron chi connectivity index (χ3n) is 3.06. The van der Waals surface area contributed by atoms with Crippen molar-refractivity contribution >= 4 is 11.8 Å². The predicted octanol–water partition coefficient (Wildman–Crippen LogP) is 1.53. The summed E-state index contributed by atoms with van der Waals surface area (Å²) in [6, 6.07) is 5.36. The summed E-state index contributed by atoms with van der Waals surface area (Å²) in [6.07, 6.45) is 3.21. The number of carbonyl (C=O) groups excluding carboxylic acids is 1. The largest absolute Gasteiger partial charge is 0.461 e. The van der Waals surface area contributed by atoms with Crippen molar-refractivity contribution in [1.82, 2.24) is 4.98 Å². The van der Waals surface area contributed by atoms with E-state index in [0.29, 0.717) is 12.3 Å². The van der Waals surface area contributed by atoms with Crippen molar-refractivity contribution in [1.29, 1.82) is 0 Å². The first-order chi connectivity index (χ1) is 8.72. The summed E-state index contributed by atoms with van der Waals surface area (Å²) in [5, 5.41) is 0. The second kappa shape index (κ2) is 5.82. The highest BCUT2D eigenvalue weighted by Gasteiger charge is 2.21. The molecule has 5 heteroatoms. The van der Waals surface area contributed by atoms with Crippen LogP contribution in [0.3, 0.4) is 0 Å². The number of nitrogens with two attached hydrogens (primary N) is 1. The van der Waals surface area contributed by atoms with Gasteiger partial charge >= 0.3 is 5.97 Å². The van der Waals surface area contributed by atoms with E-state index in [1.54, 1.807) is 13.0 Å². The van der Waals surface area contributed by atoms with Gasteiger partial charge in [0.2, 0.25) is 0 Å². The zero-order chi connectivity index (χ0) is 13.0. The van der Waals surface area contributed by atoms with Crippen molar-refractivity contribution in [2.24, 2.45) is 5.73 Å². The Hall–Kier alpha value is -1.62. The molecule has 5 nitrogen and oxygen atoms in total. The first kappa shape index (κ1) is 12.8. The summed E-state index contributed by atoms with van der Waals surface area (Å²) in [5.41, 5.74) is 6.41. The van der Waals surface area contributed by atoms with E-state index in [-0.39, 0.29) is 12.1 Å². The fourth-order valence-corrected chi connectivity index (χ4v) is 2.14. The maximum Gasteiger partial charge on any atom is 0.356 e. The monoisotopic (exact) mass is 249 g/mol. The van der Waals surface area contributed by atoms with Gasteiger partial charge in [-0.2, -0.15) is 0 Å². The number of hydrogen-bond acceptors (Lipinski definition) is 5. The van der Waals surface area contributed by atoms with Gasteiger partial charge in [0, 0.05) is 6.54 Å². The molecular formula is C13H19N3O2. The maximum atomic E-state index is 11.6. The lowest BCUT2D eigenvalue weighted by Crippen LogP contribution is -2.46. The maximum absolute atomic E-state index is 11.6. The lowest BCUT2D eigenvalue weighted by molar-refractivity contribution is 0.0519. The Morgan fingerprint density at radius 2 is 2.39 bits per heavy atom. The number of aromatic nitrogens is 1. The van der Waals surface area contributed by atoms with Crippen LogP contribution < -0.4 is 10.6 Å². The molecule has 0 radical (unpaired) electrons. The average molecular weight is 249 g/mol. The van der Waals surface area contributed by atoms with Gasteiger partial charge < -0.3 is 15.4 Å². The molecule has 0 aromatic carbocycles. The first-order valence-electron chi connectivity index (χ1n) is 6.38. The van der Waals surface area contributed by atoms with Gasteiger partial charge in [-0.1, -0.05) is 6.07 Å². The molecular weight excluding hydrogens is 230 g/mol. The predicted molar refractivity (Wildman–Crippen MR) is 69.4 cm³/mol. The van der Waals surface area contributed by atoms with Gasteiger partial charge in [0.15, 0.2) is 5.69 Å². The van der Waals surface area contributed by atoms with Crippen LogP contribution in [0.2, 0.25) is 0 Å². The van der Waals surface area contributed by atoms with Gasteiger partial charge in [-0.25, -0.2) is 9.78 Å². The Labute approximate surface area is 107 Å². The Morgan fingerprint density at radius 1 is 1.56 bits per heavy atom. The fourth-order valence-electron chi connectivity index (χ4n) is 2.14. The molecule has 2 heterocycles. The molecule has 98 valence electrons. The van der Waals surface area contributed by atoms with Crippen LogP contribution in [-0.4, -0.2) is 30.3 Å². The number of ether oxygens (including phenoxy) is 1. The van der Waals surface area contributed by atoms with Crippen LogP contribution in [0.4, 0.5) is 5.82 Å². The molecule has 0 amide bonds. The molecule has 0 spiro atoms.